The molecule has 8 rings (SSSR count). The fourth-order valence-corrected chi connectivity index (χ4v) is 12.3. The smallest absolute Gasteiger partial charge is 0.306 e. The summed E-state index contributed by atoms with van der Waals surface area (Å²) in [4.78, 5) is 83.2. The summed E-state index contributed by atoms with van der Waals surface area (Å²) in [6, 6.07) is 15.0. The van der Waals surface area contributed by atoms with Crippen molar-refractivity contribution in [3.05, 3.63) is 101 Å². The van der Waals surface area contributed by atoms with Gasteiger partial charge in [0.25, 0.3) is 0 Å². The van der Waals surface area contributed by atoms with E-state index < -0.39 is 106 Å². The third kappa shape index (κ3) is 9.41. The van der Waals surface area contributed by atoms with E-state index in [0.29, 0.717) is 6.42 Å². The van der Waals surface area contributed by atoms with Crippen LogP contribution in [0.3, 0.4) is 0 Å². The number of Topliss-reactive ketones (excluding diaryl/α,β-unsaturated/α-hetero) is 2. The van der Waals surface area contributed by atoms with Crippen molar-refractivity contribution in [2.24, 2.45) is 22.7 Å². The number of halogens is 2. The number of esters is 3. The van der Waals surface area contributed by atoms with Crippen LogP contribution < -0.4 is 0 Å². The molecular weight excluding hydrogens is 905 g/mol. The normalized spacial score (nSPS) is 31.1. The van der Waals surface area contributed by atoms with E-state index in [4.69, 9.17) is 23.7 Å². The number of aliphatic hydroxyl groups is 1. The molecule has 0 amide bonds. The second kappa shape index (κ2) is 18.9. The molecule has 0 bridgehead atoms. The van der Waals surface area contributed by atoms with Crippen LogP contribution in [0.4, 0.5) is 8.78 Å². The lowest BCUT2D eigenvalue weighted by atomic mass is 9.44. The lowest BCUT2D eigenvalue weighted by molar-refractivity contribution is -0.249. The fourth-order valence-electron chi connectivity index (χ4n) is 12.3. The van der Waals surface area contributed by atoms with Gasteiger partial charge in [0.1, 0.15) is 17.6 Å². The van der Waals surface area contributed by atoms with Crippen molar-refractivity contribution >= 4 is 46.0 Å². The van der Waals surface area contributed by atoms with E-state index in [-0.39, 0.29) is 69.3 Å². The minimum absolute atomic E-state index is 0.00229. The number of fused-ring (bicyclic) bond motifs is 8. The summed E-state index contributed by atoms with van der Waals surface area (Å²) in [7, 11) is 0. The van der Waals surface area contributed by atoms with E-state index >= 15 is 8.78 Å². The van der Waals surface area contributed by atoms with Crippen LogP contribution in [0.25, 0.3) is 10.8 Å². The van der Waals surface area contributed by atoms with Crippen LogP contribution in [0.2, 0.25) is 0 Å². The number of aromatic nitrogens is 1. The third-order valence-electron chi connectivity index (χ3n) is 15.5. The van der Waals surface area contributed by atoms with Gasteiger partial charge in [-0.15, -0.1) is 0 Å². The number of hydrogen-bond donors (Lipinski definition) is 1. The summed E-state index contributed by atoms with van der Waals surface area (Å²) in [5.74, 6) is -6.67. The molecule has 4 aliphatic carbocycles. The molecule has 3 saturated carbocycles. The Morgan fingerprint density at radius 1 is 0.886 bits per heavy atom. The van der Waals surface area contributed by atoms with Crippen LogP contribution in [-0.2, 0) is 65.3 Å². The van der Waals surface area contributed by atoms with E-state index in [0.717, 1.165) is 33.5 Å². The van der Waals surface area contributed by atoms with Crippen molar-refractivity contribution in [2.45, 2.75) is 153 Å². The minimum atomic E-state index is -2.37. The largest absolute Gasteiger partial charge is 0.465 e. The summed E-state index contributed by atoms with van der Waals surface area (Å²) in [6.07, 6.45) is 2.52. The summed E-state index contributed by atoms with van der Waals surface area (Å²) in [5.41, 5.74) is -5.31. The van der Waals surface area contributed by atoms with Crippen molar-refractivity contribution in [2.75, 3.05) is 13.2 Å². The van der Waals surface area contributed by atoms with Crippen LogP contribution in [0, 0.1) is 22.7 Å². The number of benzene rings is 2. The van der Waals surface area contributed by atoms with Gasteiger partial charge in [-0.3, -0.25) is 33.8 Å². The van der Waals surface area contributed by atoms with Gasteiger partial charge < -0.3 is 28.8 Å². The van der Waals surface area contributed by atoms with Gasteiger partial charge in [-0.2, -0.15) is 0 Å². The number of nitrogens with zero attached hydrogens (tertiary/aromatic N) is 1. The highest BCUT2D eigenvalue weighted by molar-refractivity contribution is 6.01. The number of aliphatic hydroxyl groups excluding tert-OH is 1. The first-order valence-corrected chi connectivity index (χ1v) is 24.2. The van der Waals surface area contributed by atoms with Gasteiger partial charge in [-0.05, 0) is 119 Å². The summed E-state index contributed by atoms with van der Waals surface area (Å²) in [5, 5.41) is 13.7. The Bertz CT molecular complexity index is 2640. The van der Waals surface area contributed by atoms with Crippen molar-refractivity contribution < 1.29 is 66.3 Å². The summed E-state index contributed by atoms with van der Waals surface area (Å²) in [6.45, 7) is 11.1. The predicted octanol–water partition coefficient (Wildman–Crippen LogP) is 8.05. The van der Waals surface area contributed by atoms with Crippen LogP contribution >= 0.6 is 0 Å². The monoisotopic (exact) mass is 967 g/mol. The molecule has 13 nitrogen and oxygen atoms in total. The number of alkyl halides is 2. The zero-order chi connectivity index (χ0) is 50.6. The number of carbonyl (C=O) groups excluding carboxylic acids is 6. The number of pyridine rings is 1. The molecule has 0 spiro atoms. The quantitative estimate of drug-likeness (QED) is 0.108. The predicted molar refractivity (Wildman–Crippen MR) is 251 cm³/mol. The van der Waals surface area contributed by atoms with Crippen molar-refractivity contribution in [3.8, 4) is 0 Å². The second-order valence-corrected chi connectivity index (χ2v) is 21.6. The first-order valence-electron chi connectivity index (χ1n) is 24.2. The number of hydrogen-bond acceptors (Lipinski definition) is 13. The average Bonchev–Trinajstić information content (AvgIpc) is 3.71. The maximum Gasteiger partial charge on any atom is 0.306 e. The highest BCUT2D eigenvalue weighted by atomic mass is 19.1. The molecule has 3 aromatic rings. The van der Waals surface area contributed by atoms with E-state index in [1.54, 1.807) is 53.9 Å². The number of ether oxygens (including phenoxy) is 5. The molecule has 70 heavy (non-hydrogen) atoms. The van der Waals surface area contributed by atoms with Crippen LogP contribution in [0.1, 0.15) is 116 Å². The average molecular weight is 968 g/mol. The Hall–Kier alpha value is -5.51. The second-order valence-electron chi connectivity index (χ2n) is 21.6. The molecule has 1 unspecified atom stereocenters. The Morgan fingerprint density at radius 3 is 2.30 bits per heavy atom. The van der Waals surface area contributed by atoms with Crippen molar-refractivity contribution in [1.29, 1.82) is 0 Å². The highest BCUT2D eigenvalue weighted by Crippen LogP contribution is 2.72. The Morgan fingerprint density at radius 2 is 1.59 bits per heavy atom. The molecule has 1 aromatic heterocycles. The molecule has 374 valence electrons. The molecule has 2 aromatic carbocycles. The van der Waals surface area contributed by atoms with Gasteiger partial charge in [0, 0.05) is 59.7 Å². The lowest BCUT2D eigenvalue weighted by Gasteiger charge is -2.63. The van der Waals surface area contributed by atoms with Crippen LogP contribution in [0.15, 0.2) is 84.7 Å². The molecule has 1 saturated heterocycles. The van der Waals surface area contributed by atoms with Crippen molar-refractivity contribution in [3.63, 3.8) is 0 Å². The van der Waals surface area contributed by atoms with Crippen LogP contribution in [-0.4, -0.2) is 99.6 Å². The summed E-state index contributed by atoms with van der Waals surface area (Å²) < 4.78 is 62.9. The van der Waals surface area contributed by atoms with E-state index in [1.165, 1.54) is 19.1 Å². The van der Waals surface area contributed by atoms with Gasteiger partial charge in [0.2, 0.25) is 5.78 Å². The number of ketones is 3. The van der Waals surface area contributed by atoms with Crippen LogP contribution in [0.5, 0.6) is 0 Å². The van der Waals surface area contributed by atoms with E-state index in [9.17, 15) is 33.9 Å². The van der Waals surface area contributed by atoms with Gasteiger partial charge in [0.05, 0.1) is 31.7 Å². The Kier molecular flexibility index (Phi) is 13.7. The van der Waals surface area contributed by atoms with E-state index in [1.807, 2.05) is 48.5 Å². The number of carbonyl (C=O) groups is 6. The van der Waals surface area contributed by atoms with Gasteiger partial charge in [-0.25, -0.2) is 8.78 Å². The van der Waals surface area contributed by atoms with Gasteiger partial charge in [-0.1, -0.05) is 55.5 Å². The van der Waals surface area contributed by atoms with E-state index in [2.05, 4.69) is 4.98 Å². The first kappa shape index (κ1) is 50.9. The zero-order valence-electron chi connectivity index (χ0n) is 40.9. The highest BCUT2D eigenvalue weighted by Gasteiger charge is 2.80. The SMILES string of the molecule is CC(C)(C)OC(=O)CCC(C(=O)Cc1ccc2cnccc2c1)c1ccc(CCOC(=O)CCC(=O)OCC(=O)[C@@]23OC(C)(C)O[C@@H]2C[C@H]2[C@@H]4C[C@H](F)C5=CC(=O)C=C[C@]5(C)[C@@]4(F)[C@@H](O)C[C@@]23C)cc1. The maximum atomic E-state index is 17.8. The van der Waals surface area contributed by atoms with Gasteiger partial charge >= 0.3 is 17.9 Å². The minimum Gasteiger partial charge on any atom is -0.465 e. The summed E-state index contributed by atoms with van der Waals surface area (Å²) >= 11 is 0. The molecular formula is C55H63F2NO12. The molecule has 1 N–H and O–H groups in total. The standard InChI is InChI=1S/C55H63F2NO12/c1-50(2,3)69-49(65)15-14-38(43(60)25-33-10-13-36-30-58-22-19-35(36)24-33)34-11-8-32(9-12-34)20-23-66-47(63)16-17-48(64)67-31-45(62)55-46(68-51(4,5)70-55)28-39-40-27-42(56)41-26-37(59)18-21-52(41,6)54(40,57)44(61)29-53(39,55)7/h8-13,18-19,21-22,24,26,30,38-40,42,44,46,61H,14-17,20,23,25,27-29,31H2,1-7H3/t38?,39-,40-,42-,44-,46+,52-,53-,54-,55+/m0/s1. The number of allylic oxidation sites excluding steroid dienone is 4. The fraction of sp³-hybridized carbons (Fsp3) is 0.545. The molecule has 4 fully saturated rings. The molecule has 2 heterocycles. The Balaban J connectivity index is 0.849. The third-order valence-corrected chi connectivity index (χ3v) is 15.5. The number of rotatable bonds is 16. The molecule has 10 atom stereocenters. The zero-order valence-corrected chi connectivity index (χ0v) is 40.9. The topological polar surface area (TPSA) is 182 Å². The van der Waals surface area contributed by atoms with Gasteiger partial charge in [0.15, 0.2) is 29.4 Å². The molecule has 5 aliphatic rings. The lowest BCUT2D eigenvalue weighted by Crippen LogP contribution is -2.71. The molecule has 0 radical (unpaired) electrons. The van der Waals surface area contributed by atoms with Crippen molar-refractivity contribution in [1.82, 2.24) is 4.98 Å². The molecule has 1 aliphatic heterocycles. The Labute approximate surface area is 406 Å². The maximum absolute atomic E-state index is 17.8. The molecule has 15 heteroatoms. The first-order chi connectivity index (χ1) is 32.9.